The molecule has 1 aromatic heterocycles. The Labute approximate surface area is 106 Å². The van der Waals surface area contributed by atoms with Crippen molar-refractivity contribution in [2.45, 2.75) is 20.8 Å². The van der Waals surface area contributed by atoms with E-state index in [-0.39, 0.29) is 5.78 Å². The first-order valence-corrected chi connectivity index (χ1v) is 5.84. The summed E-state index contributed by atoms with van der Waals surface area (Å²) in [5.74, 6) is 0.0804. The molecule has 0 radical (unpaired) electrons. The molecule has 17 heavy (non-hydrogen) atoms. The lowest BCUT2D eigenvalue weighted by Crippen LogP contribution is -1.95. The highest BCUT2D eigenvalue weighted by Gasteiger charge is 2.17. The number of carbonyl (C=O) groups is 1. The molecule has 1 N–H and O–H groups in total. The van der Waals surface area contributed by atoms with E-state index in [0.29, 0.717) is 5.02 Å². The number of aromatic nitrogens is 1. The van der Waals surface area contributed by atoms with Crippen LogP contribution in [0.5, 0.6) is 0 Å². The molecule has 0 fully saturated rings. The first kappa shape index (κ1) is 11.9. The molecule has 0 bridgehead atoms. The second-order valence-electron chi connectivity index (χ2n) is 4.19. The van der Waals surface area contributed by atoms with E-state index in [1.165, 1.54) is 0 Å². The zero-order valence-corrected chi connectivity index (χ0v) is 10.9. The summed E-state index contributed by atoms with van der Waals surface area (Å²) < 4.78 is 0. The fraction of sp³-hybridized carbons (Fsp3) is 0.214. The zero-order valence-electron chi connectivity index (χ0n) is 10.1. The SMILES string of the molecule is CC(=O)c1c(C)[nH]c(C)c1-c1ccc(Cl)cc1. The third-order valence-corrected chi connectivity index (χ3v) is 3.11. The molecule has 0 atom stereocenters. The summed E-state index contributed by atoms with van der Waals surface area (Å²) in [7, 11) is 0. The molecule has 0 spiro atoms. The first-order chi connectivity index (χ1) is 8.00. The van der Waals surface area contributed by atoms with E-state index in [0.717, 1.165) is 28.1 Å². The molecule has 3 heteroatoms. The Morgan fingerprint density at radius 3 is 2.24 bits per heavy atom. The second-order valence-corrected chi connectivity index (χ2v) is 4.62. The molecule has 1 heterocycles. The standard InChI is InChI=1S/C14H14ClNO/c1-8-13(10(3)17)14(9(2)16-8)11-4-6-12(15)7-5-11/h4-7,16H,1-3H3. The lowest BCUT2D eigenvalue weighted by molar-refractivity contribution is 0.101. The van der Waals surface area contributed by atoms with E-state index in [9.17, 15) is 4.79 Å². The number of halogens is 1. The predicted octanol–water partition coefficient (Wildman–Crippen LogP) is 4.15. The molecule has 2 nitrogen and oxygen atoms in total. The largest absolute Gasteiger partial charge is 0.362 e. The van der Waals surface area contributed by atoms with Crippen LogP contribution in [0.4, 0.5) is 0 Å². The minimum Gasteiger partial charge on any atom is -0.362 e. The Bertz CT molecular complexity index is 567. The van der Waals surface area contributed by atoms with Crippen LogP contribution in [-0.2, 0) is 0 Å². The van der Waals surface area contributed by atoms with E-state index in [2.05, 4.69) is 4.98 Å². The Balaban J connectivity index is 2.66. The van der Waals surface area contributed by atoms with Gasteiger partial charge in [0.05, 0.1) is 0 Å². The number of Topliss-reactive ketones (excluding diaryl/α,β-unsaturated/α-hetero) is 1. The first-order valence-electron chi connectivity index (χ1n) is 5.46. The number of aryl methyl sites for hydroxylation is 2. The molecule has 0 aliphatic carbocycles. The van der Waals surface area contributed by atoms with Crippen molar-refractivity contribution < 1.29 is 4.79 Å². The third kappa shape index (κ3) is 2.13. The maximum Gasteiger partial charge on any atom is 0.162 e. The number of carbonyl (C=O) groups excluding carboxylic acids is 1. The molecule has 0 unspecified atom stereocenters. The average molecular weight is 248 g/mol. The number of H-pyrrole nitrogens is 1. The van der Waals surface area contributed by atoms with Crippen molar-refractivity contribution in [2.75, 3.05) is 0 Å². The van der Waals surface area contributed by atoms with Gasteiger partial charge in [0.1, 0.15) is 0 Å². The Morgan fingerprint density at radius 2 is 1.71 bits per heavy atom. The maximum atomic E-state index is 11.7. The third-order valence-electron chi connectivity index (χ3n) is 2.86. The van der Waals surface area contributed by atoms with Gasteiger partial charge in [0.25, 0.3) is 0 Å². The van der Waals surface area contributed by atoms with Gasteiger partial charge < -0.3 is 4.98 Å². The summed E-state index contributed by atoms with van der Waals surface area (Å²) in [6.45, 7) is 5.49. The normalized spacial score (nSPS) is 10.6. The van der Waals surface area contributed by atoms with Gasteiger partial charge in [-0.25, -0.2) is 0 Å². The molecule has 1 aromatic carbocycles. The maximum absolute atomic E-state index is 11.7. The van der Waals surface area contributed by atoms with Crippen LogP contribution in [0.3, 0.4) is 0 Å². The van der Waals surface area contributed by atoms with Crippen molar-refractivity contribution in [3.63, 3.8) is 0 Å². The molecule has 88 valence electrons. The summed E-state index contributed by atoms with van der Waals surface area (Å²) in [6, 6.07) is 7.54. The van der Waals surface area contributed by atoms with Crippen LogP contribution in [-0.4, -0.2) is 10.8 Å². The van der Waals surface area contributed by atoms with Crippen molar-refractivity contribution in [3.05, 3.63) is 46.2 Å². The van der Waals surface area contributed by atoms with Gasteiger partial charge in [0.15, 0.2) is 5.78 Å². The number of benzene rings is 1. The molecule has 0 saturated carbocycles. The van der Waals surface area contributed by atoms with Crippen LogP contribution in [0.1, 0.15) is 28.7 Å². The number of hydrogen-bond acceptors (Lipinski definition) is 1. The highest BCUT2D eigenvalue weighted by atomic mass is 35.5. The average Bonchev–Trinajstić information content (AvgIpc) is 2.55. The highest BCUT2D eigenvalue weighted by molar-refractivity contribution is 6.30. The van der Waals surface area contributed by atoms with Crippen molar-refractivity contribution >= 4 is 17.4 Å². The van der Waals surface area contributed by atoms with E-state index in [4.69, 9.17) is 11.6 Å². The van der Waals surface area contributed by atoms with Gasteiger partial charge in [-0.15, -0.1) is 0 Å². The van der Waals surface area contributed by atoms with E-state index >= 15 is 0 Å². The summed E-state index contributed by atoms with van der Waals surface area (Å²) in [6.07, 6.45) is 0. The topological polar surface area (TPSA) is 32.9 Å². The van der Waals surface area contributed by atoms with Crippen LogP contribution >= 0.6 is 11.6 Å². The smallest absolute Gasteiger partial charge is 0.162 e. The number of ketones is 1. The predicted molar refractivity (Wildman–Crippen MR) is 70.7 cm³/mol. The number of rotatable bonds is 2. The van der Waals surface area contributed by atoms with Gasteiger partial charge in [0, 0.05) is 27.5 Å². The van der Waals surface area contributed by atoms with E-state index in [1.54, 1.807) is 6.92 Å². The molecule has 2 rings (SSSR count). The quantitative estimate of drug-likeness (QED) is 0.795. The molecule has 0 aliphatic heterocycles. The zero-order chi connectivity index (χ0) is 12.6. The molecular weight excluding hydrogens is 234 g/mol. The van der Waals surface area contributed by atoms with Gasteiger partial charge in [0.2, 0.25) is 0 Å². The minimum atomic E-state index is 0.0804. The van der Waals surface area contributed by atoms with Crippen LogP contribution in [0, 0.1) is 13.8 Å². The lowest BCUT2D eigenvalue weighted by atomic mass is 9.98. The second kappa shape index (κ2) is 4.38. The minimum absolute atomic E-state index is 0.0804. The molecule has 0 saturated heterocycles. The Morgan fingerprint density at radius 1 is 1.12 bits per heavy atom. The van der Waals surface area contributed by atoms with Gasteiger partial charge >= 0.3 is 0 Å². The highest BCUT2D eigenvalue weighted by Crippen LogP contribution is 2.30. The summed E-state index contributed by atoms with van der Waals surface area (Å²) in [5.41, 5.74) is 4.69. The summed E-state index contributed by atoms with van der Waals surface area (Å²) >= 11 is 5.87. The van der Waals surface area contributed by atoms with E-state index in [1.807, 2.05) is 38.1 Å². The van der Waals surface area contributed by atoms with Gasteiger partial charge in [-0.05, 0) is 38.5 Å². The fourth-order valence-corrected chi connectivity index (χ4v) is 2.32. The monoisotopic (exact) mass is 247 g/mol. The number of nitrogens with one attached hydrogen (secondary N) is 1. The van der Waals surface area contributed by atoms with Gasteiger partial charge in [-0.3, -0.25) is 4.79 Å². The fourth-order valence-electron chi connectivity index (χ4n) is 2.20. The molecule has 0 aliphatic rings. The van der Waals surface area contributed by atoms with Crippen molar-refractivity contribution in [1.82, 2.24) is 4.98 Å². The van der Waals surface area contributed by atoms with Crippen LogP contribution in [0.2, 0.25) is 5.02 Å². The number of aromatic amines is 1. The van der Waals surface area contributed by atoms with Crippen molar-refractivity contribution in [1.29, 1.82) is 0 Å². The van der Waals surface area contributed by atoms with Crippen molar-refractivity contribution in [2.24, 2.45) is 0 Å². The van der Waals surface area contributed by atoms with Crippen LogP contribution < -0.4 is 0 Å². The van der Waals surface area contributed by atoms with Gasteiger partial charge in [-0.1, -0.05) is 23.7 Å². The molecule has 2 aromatic rings. The van der Waals surface area contributed by atoms with Crippen LogP contribution in [0.15, 0.2) is 24.3 Å². The molecular formula is C14H14ClNO. The lowest BCUT2D eigenvalue weighted by Gasteiger charge is -2.04. The summed E-state index contributed by atoms with van der Waals surface area (Å²) in [5, 5.41) is 0.697. The Hall–Kier alpha value is -1.54. The van der Waals surface area contributed by atoms with Crippen LogP contribution in [0.25, 0.3) is 11.1 Å². The molecule has 0 amide bonds. The summed E-state index contributed by atoms with van der Waals surface area (Å²) in [4.78, 5) is 14.9. The van der Waals surface area contributed by atoms with E-state index < -0.39 is 0 Å². The Kier molecular flexibility index (Phi) is 3.07. The number of hydrogen-bond donors (Lipinski definition) is 1. The van der Waals surface area contributed by atoms with Crippen molar-refractivity contribution in [3.8, 4) is 11.1 Å². The van der Waals surface area contributed by atoms with Gasteiger partial charge in [-0.2, -0.15) is 0 Å².